The van der Waals surface area contributed by atoms with E-state index < -0.39 is 27.5 Å². The van der Waals surface area contributed by atoms with Gasteiger partial charge in [-0.1, -0.05) is 13.8 Å². The Kier molecular flexibility index (Phi) is 10.6. The molecule has 52 heavy (non-hydrogen) atoms. The van der Waals surface area contributed by atoms with Crippen LogP contribution < -0.4 is 23.8 Å². The molecular formula is C37H45N7O7S. The SMILES string of the molecule is CCOc1ncccc1[C@]1(NC(=O)N2CC(N3CCC(N(CC)CC)CC3)C2)C(=O)N(S(=O)(=O)c2ccc(OC)cc2OC)c2ccc(C#N)cc21. The first-order valence-electron chi connectivity index (χ1n) is 17.6. The molecule has 3 aromatic rings. The van der Waals surface area contributed by atoms with Crippen molar-refractivity contribution in [2.24, 2.45) is 0 Å². The number of amides is 3. The lowest BCUT2D eigenvalue weighted by atomic mass is 9.83. The van der Waals surface area contributed by atoms with Gasteiger partial charge in [-0.3, -0.25) is 9.69 Å². The topological polar surface area (TPSA) is 158 Å². The smallest absolute Gasteiger partial charge is 0.318 e. The fourth-order valence-corrected chi connectivity index (χ4v) is 9.22. The number of pyridine rings is 1. The van der Waals surface area contributed by atoms with Gasteiger partial charge in [0.2, 0.25) is 5.88 Å². The molecular weight excluding hydrogens is 687 g/mol. The fraction of sp³-hybridized carbons (Fsp3) is 0.459. The number of fused-ring (bicyclic) bond motifs is 1. The summed E-state index contributed by atoms with van der Waals surface area (Å²) < 4.78 is 46.5. The normalized spacial score (nSPS) is 19.6. The van der Waals surface area contributed by atoms with Crippen molar-refractivity contribution in [3.63, 3.8) is 0 Å². The van der Waals surface area contributed by atoms with E-state index in [1.165, 1.54) is 56.8 Å². The van der Waals surface area contributed by atoms with Crippen molar-refractivity contribution < 1.29 is 32.2 Å². The van der Waals surface area contributed by atoms with Gasteiger partial charge in [-0.05, 0) is 75.3 Å². The summed E-state index contributed by atoms with van der Waals surface area (Å²) in [5.41, 5.74) is -1.80. The minimum Gasteiger partial charge on any atom is -0.497 e. The molecule has 1 N–H and O–H groups in total. The molecule has 3 aliphatic heterocycles. The molecule has 6 rings (SSSR count). The van der Waals surface area contributed by atoms with Crippen LogP contribution in [0.25, 0.3) is 0 Å². The lowest BCUT2D eigenvalue weighted by Gasteiger charge is -2.49. The molecule has 2 fully saturated rings. The van der Waals surface area contributed by atoms with Crippen LogP contribution in [0.5, 0.6) is 17.4 Å². The minimum atomic E-state index is -4.69. The summed E-state index contributed by atoms with van der Waals surface area (Å²) in [5.74, 6) is -0.658. The Morgan fingerprint density at radius 2 is 1.77 bits per heavy atom. The average Bonchev–Trinajstić information content (AvgIpc) is 3.39. The van der Waals surface area contributed by atoms with Crippen molar-refractivity contribution in [2.45, 2.75) is 56.1 Å². The van der Waals surface area contributed by atoms with E-state index in [9.17, 15) is 18.5 Å². The summed E-state index contributed by atoms with van der Waals surface area (Å²) in [5, 5.41) is 12.9. The van der Waals surface area contributed by atoms with Gasteiger partial charge in [0.25, 0.3) is 15.9 Å². The predicted octanol–water partition coefficient (Wildman–Crippen LogP) is 3.55. The Hall–Kier alpha value is -4.91. The van der Waals surface area contributed by atoms with Crippen LogP contribution in [-0.4, -0.2) is 112 Å². The van der Waals surface area contributed by atoms with Crippen LogP contribution in [0.15, 0.2) is 59.6 Å². The highest BCUT2D eigenvalue weighted by Gasteiger charge is 2.59. The molecule has 14 nitrogen and oxygen atoms in total. The maximum Gasteiger partial charge on any atom is 0.318 e. The number of likely N-dealkylation sites (tertiary alicyclic amines) is 2. The summed E-state index contributed by atoms with van der Waals surface area (Å²) >= 11 is 0. The molecule has 0 unspecified atom stereocenters. The maximum absolute atomic E-state index is 15.2. The quantitative estimate of drug-likeness (QED) is 0.291. The third kappa shape index (κ3) is 6.29. The van der Waals surface area contributed by atoms with E-state index in [0.29, 0.717) is 29.2 Å². The lowest BCUT2D eigenvalue weighted by Crippen LogP contribution is -2.67. The first-order valence-corrected chi connectivity index (χ1v) is 19.0. The fourth-order valence-electron chi connectivity index (χ4n) is 7.61. The van der Waals surface area contributed by atoms with E-state index in [2.05, 4.69) is 40.0 Å². The number of hydrogen-bond donors (Lipinski definition) is 1. The molecule has 15 heteroatoms. The van der Waals surface area contributed by atoms with Crippen LogP contribution in [0, 0.1) is 11.3 Å². The maximum atomic E-state index is 15.2. The molecule has 4 heterocycles. The Bertz CT molecular complexity index is 1970. The molecule has 276 valence electrons. The number of piperidine rings is 1. The Labute approximate surface area is 304 Å². The van der Waals surface area contributed by atoms with E-state index in [1.807, 2.05) is 0 Å². The zero-order valence-corrected chi connectivity index (χ0v) is 31.0. The lowest BCUT2D eigenvalue weighted by molar-refractivity contribution is -0.121. The number of nitriles is 1. The first-order chi connectivity index (χ1) is 25.1. The molecule has 2 saturated heterocycles. The highest BCUT2D eigenvalue weighted by molar-refractivity contribution is 7.93. The van der Waals surface area contributed by atoms with E-state index in [4.69, 9.17) is 14.2 Å². The van der Waals surface area contributed by atoms with Gasteiger partial charge in [0.1, 0.15) is 16.4 Å². The number of methoxy groups -OCH3 is 2. The van der Waals surface area contributed by atoms with Gasteiger partial charge in [-0.15, -0.1) is 0 Å². The molecule has 2 aromatic carbocycles. The summed E-state index contributed by atoms with van der Waals surface area (Å²) in [4.78, 5) is 40.1. The summed E-state index contributed by atoms with van der Waals surface area (Å²) in [6.07, 6.45) is 3.60. The minimum absolute atomic E-state index is 0.0331. The third-order valence-electron chi connectivity index (χ3n) is 10.4. The number of sulfonamides is 1. The van der Waals surface area contributed by atoms with Gasteiger partial charge < -0.3 is 29.3 Å². The van der Waals surface area contributed by atoms with Crippen LogP contribution in [0.4, 0.5) is 10.5 Å². The number of ether oxygens (including phenoxy) is 3. The predicted molar refractivity (Wildman–Crippen MR) is 193 cm³/mol. The highest BCUT2D eigenvalue weighted by atomic mass is 32.2. The van der Waals surface area contributed by atoms with Crippen LogP contribution >= 0.6 is 0 Å². The Balaban J connectivity index is 1.39. The number of carbonyl (C=O) groups excluding carboxylic acids is 2. The molecule has 3 amide bonds. The van der Waals surface area contributed by atoms with Crippen molar-refractivity contribution >= 4 is 27.6 Å². The third-order valence-corrected chi connectivity index (χ3v) is 12.1. The van der Waals surface area contributed by atoms with Gasteiger partial charge in [-0.2, -0.15) is 9.57 Å². The molecule has 0 bridgehead atoms. The first kappa shape index (κ1) is 36.9. The largest absolute Gasteiger partial charge is 0.497 e. The monoisotopic (exact) mass is 731 g/mol. The molecule has 0 aliphatic carbocycles. The van der Waals surface area contributed by atoms with Gasteiger partial charge in [0.15, 0.2) is 5.54 Å². The standard InChI is InChI=1S/C37H45N7O7S/c1-6-41(7-2)26-15-18-42(19-16-26)27-23-43(24-27)36(46)40-37(29-10-9-17-39-34(29)51-8-3)30-20-25(22-38)11-13-31(30)44(35(37)45)52(47,48)33-14-12-28(49-4)21-32(33)50-5/h9-14,17,20-21,26-27H,6-8,15-16,18-19,23-24H2,1-5H3,(H,40,46)/t37-/m1/s1. The van der Waals surface area contributed by atoms with E-state index in [1.54, 1.807) is 24.0 Å². The van der Waals surface area contributed by atoms with Crippen molar-refractivity contribution in [1.29, 1.82) is 5.26 Å². The zero-order valence-electron chi connectivity index (χ0n) is 30.2. The van der Waals surface area contributed by atoms with Crippen LogP contribution in [-0.2, 0) is 20.4 Å². The van der Waals surface area contributed by atoms with Crippen molar-refractivity contribution in [2.75, 3.05) is 64.4 Å². The van der Waals surface area contributed by atoms with E-state index in [-0.39, 0.29) is 51.6 Å². The van der Waals surface area contributed by atoms with Crippen molar-refractivity contribution in [1.82, 2.24) is 25.0 Å². The van der Waals surface area contributed by atoms with Gasteiger partial charge >= 0.3 is 6.03 Å². The number of benzene rings is 2. The van der Waals surface area contributed by atoms with E-state index >= 15 is 4.79 Å². The molecule has 0 radical (unpaired) electrons. The summed E-state index contributed by atoms with van der Waals surface area (Å²) in [6.45, 7) is 11.1. The van der Waals surface area contributed by atoms with E-state index in [0.717, 1.165) is 39.0 Å². The molecule has 0 saturated carbocycles. The number of aromatic nitrogens is 1. The summed E-state index contributed by atoms with van der Waals surface area (Å²) in [6, 6.07) is 13.8. The van der Waals surface area contributed by atoms with Gasteiger partial charge in [0, 0.05) is 56.1 Å². The highest BCUT2D eigenvalue weighted by Crippen LogP contribution is 2.50. The Morgan fingerprint density at radius 1 is 1.04 bits per heavy atom. The number of anilines is 1. The second-order valence-electron chi connectivity index (χ2n) is 13.0. The van der Waals surface area contributed by atoms with Crippen LogP contribution in [0.3, 0.4) is 0 Å². The zero-order chi connectivity index (χ0) is 37.2. The Morgan fingerprint density at radius 3 is 2.40 bits per heavy atom. The second-order valence-corrected chi connectivity index (χ2v) is 14.7. The molecule has 1 aromatic heterocycles. The van der Waals surface area contributed by atoms with Crippen LogP contribution in [0.2, 0.25) is 0 Å². The van der Waals surface area contributed by atoms with Crippen LogP contribution in [0.1, 0.15) is 50.3 Å². The number of nitrogens with zero attached hydrogens (tertiary/aromatic N) is 6. The molecule has 0 spiro atoms. The van der Waals surface area contributed by atoms with Crippen molar-refractivity contribution in [3.05, 3.63) is 71.4 Å². The molecule has 3 aliphatic rings. The van der Waals surface area contributed by atoms with Gasteiger partial charge in [0.05, 0.1) is 43.7 Å². The number of rotatable bonds is 12. The summed E-state index contributed by atoms with van der Waals surface area (Å²) in [7, 11) is -1.94. The average molecular weight is 732 g/mol. The molecule has 1 atom stereocenters. The number of urea groups is 1. The van der Waals surface area contributed by atoms with Gasteiger partial charge in [-0.25, -0.2) is 18.2 Å². The second kappa shape index (κ2) is 15.0. The number of hydrogen-bond acceptors (Lipinski definition) is 11. The van der Waals surface area contributed by atoms with Crippen molar-refractivity contribution in [3.8, 4) is 23.4 Å². The number of nitrogens with one attached hydrogen (secondary N) is 1. The number of carbonyl (C=O) groups is 2.